The molecular formula is C10H8N2O3. The Balaban J connectivity index is 2.76. The molecular weight excluding hydrogens is 196 g/mol. The second kappa shape index (κ2) is 3.45. The predicted molar refractivity (Wildman–Crippen MR) is 53.7 cm³/mol. The molecule has 0 fully saturated rings. The summed E-state index contributed by atoms with van der Waals surface area (Å²) in [5.74, 6) is -0.997. The van der Waals surface area contributed by atoms with E-state index in [0.717, 1.165) is 0 Å². The molecule has 2 aromatic heterocycles. The Labute approximate surface area is 84.9 Å². The van der Waals surface area contributed by atoms with Crippen LogP contribution >= 0.6 is 0 Å². The highest BCUT2D eigenvalue weighted by atomic mass is 16.4. The van der Waals surface area contributed by atoms with Crippen molar-refractivity contribution in [1.82, 2.24) is 4.40 Å². The molecule has 76 valence electrons. The number of carbonyl (C=O) groups is 1. The summed E-state index contributed by atoms with van der Waals surface area (Å²) in [5, 5.41) is 20.3. The number of nitrogens with zero attached hydrogens (tertiary/aromatic N) is 2. The quantitative estimate of drug-likeness (QED) is 0.441. The molecule has 0 saturated heterocycles. The molecule has 2 N–H and O–H groups in total. The van der Waals surface area contributed by atoms with Crippen molar-refractivity contribution in [3.8, 4) is 0 Å². The number of rotatable bonds is 2. The number of carboxylic acids is 1. The van der Waals surface area contributed by atoms with Gasteiger partial charge in [0.05, 0.1) is 11.7 Å². The van der Waals surface area contributed by atoms with Gasteiger partial charge in [-0.25, -0.2) is 4.79 Å². The molecule has 0 spiro atoms. The van der Waals surface area contributed by atoms with Gasteiger partial charge in [-0.3, -0.25) is 0 Å². The van der Waals surface area contributed by atoms with Gasteiger partial charge in [-0.1, -0.05) is 5.16 Å². The van der Waals surface area contributed by atoms with Gasteiger partial charge in [0.2, 0.25) is 0 Å². The molecule has 2 rings (SSSR count). The molecule has 2 heterocycles. The molecule has 0 unspecified atom stereocenters. The zero-order valence-electron chi connectivity index (χ0n) is 7.66. The Morgan fingerprint density at radius 3 is 2.87 bits per heavy atom. The molecule has 0 bridgehead atoms. The van der Waals surface area contributed by atoms with E-state index in [4.69, 9.17) is 10.3 Å². The average molecular weight is 204 g/mol. The van der Waals surface area contributed by atoms with Crippen LogP contribution in [-0.4, -0.2) is 26.9 Å². The lowest BCUT2D eigenvalue weighted by molar-refractivity contribution is 0.0689. The molecule has 0 aromatic carbocycles. The van der Waals surface area contributed by atoms with Crippen molar-refractivity contribution in [1.29, 1.82) is 0 Å². The average Bonchev–Trinajstić information content (AvgIpc) is 2.66. The monoisotopic (exact) mass is 204 g/mol. The van der Waals surface area contributed by atoms with Gasteiger partial charge >= 0.3 is 5.97 Å². The van der Waals surface area contributed by atoms with Crippen LogP contribution in [-0.2, 0) is 0 Å². The Morgan fingerprint density at radius 1 is 1.40 bits per heavy atom. The zero-order chi connectivity index (χ0) is 10.8. The minimum absolute atomic E-state index is 0.171. The standard InChI is InChI=1S/C10H8N2O3/c13-10(14)9-4-3-7(6-11-15)8-2-1-5-12(8)9/h1-6,15H,(H,13,14)/b11-6-. The fourth-order valence-electron chi connectivity index (χ4n) is 1.51. The van der Waals surface area contributed by atoms with Crippen LogP contribution in [0, 0.1) is 0 Å². The number of aromatic carboxylic acids is 1. The number of oxime groups is 1. The zero-order valence-corrected chi connectivity index (χ0v) is 7.66. The Hall–Kier alpha value is -2.30. The summed E-state index contributed by atoms with van der Waals surface area (Å²) in [4.78, 5) is 10.9. The van der Waals surface area contributed by atoms with E-state index < -0.39 is 5.97 Å². The van der Waals surface area contributed by atoms with E-state index in [-0.39, 0.29) is 5.69 Å². The third kappa shape index (κ3) is 1.43. The van der Waals surface area contributed by atoms with Crippen molar-refractivity contribution in [2.45, 2.75) is 0 Å². The fourth-order valence-corrected chi connectivity index (χ4v) is 1.51. The van der Waals surface area contributed by atoms with Gasteiger partial charge in [-0.15, -0.1) is 0 Å². The van der Waals surface area contributed by atoms with Crippen LogP contribution in [0.25, 0.3) is 5.52 Å². The van der Waals surface area contributed by atoms with Gasteiger partial charge in [0.1, 0.15) is 5.69 Å². The van der Waals surface area contributed by atoms with E-state index in [9.17, 15) is 4.79 Å². The van der Waals surface area contributed by atoms with Crippen molar-refractivity contribution in [3.63, 3.8) is 0 Å². The summed E-state index contributed by atoms with van der Waals surface area (Å²) in [6.07, 6.45) is 2.91. The largest absolute Gasteiger partial charge is 0.477 e. The lowest BCUT2D eigenvalue weighted by Gasteiger charge is -2.03. The molecule has 0 radical (unpaired) electrons. The van der Waals surface area contributed by atoms with Crippen LogP contribution in [0.2, 0.25) is 0 Å². The number of pyridine rings is 1. The maximum atomic E-state index is 10.9. The maximum absolute atomic E-state index is 10.9. The summed E-state index contributed by atoms with van der Waals surface area (Å²) in [7, 11) is 0. The summed E-state index contributed by atoms with van der Waals surface area (Å²) >= 11 is 0. The molecule has 15 heavy (non-hydrogen) atoms. The normalized spacial score (nSPS) is 11.2. The van der Waals surface area contributed by atoms with Gasteiger partial charge in [-0.2, -0.15) is 0 Å². The van der Waals surface area contributed by atoms with Gasteiger partial charge in [-0.05, 0) is 24.3 Å². The van der Waals surface area contributed by atoms with Crippen molar-refractivity contribution in [2.24, 2.45) is 5.16 Å². The van der Waals surface area contributed by atoms with E-state index in [0.29, 0.717) is 11.1 Å². The topological polar surface area (TPSA) is 74.3 Å². The van der Waals surface area contributed by atoms with Crippen LogP contribution in [0.3, 0.4) is 0 Å². The first kappa shape index (κ1) is 9.26. The highest BCUT2D eigenvalue weighted by molar-refractivity contribution is 5.93. The summed E-state index contributed by atoms with van der Waals surface area (Å²) < 4.78 is 1.53. The Kier molecular flexibility index (Phi) is 2.13. The van der Waals surface area contributed by atoms with Crippen LogP contribution < -0.4 is 0 Å². The Morgan fingerprint density at radius 2 is 2.20 bits per heavy atom. The van der Waals surface area contributed by atoms with Crippen LogP contribution in [0.4, 0.5) is 0 Å². The highest BCUT2D eigenvalue weighted by Gasteiger charge is 2.09. The molecule has 0 amide bonds. The minimum Gasteiger partial charge on any atom is -0.477 e. The maximum Gasteiger partial charge on any atom is 0.352 e. The number of carboxylic acid groups (broad SMARTS) is 1. The molecule has 0 atom stereocenters. The first-order valence-electron chi connectivity index (χ1n) is 4.25. The molecule has 0 saturated carbocycles. The molecule has 5 nitrogen and oxygen atoms in total. The molecule has 0 aliphatic heterocycles. The van der Waals surface area contributed by atoms with E-state index in [1.807, 2.05) is 0 Å². The smallest absolute Gasteiger partial charge is 0.352 e. The lowest BCUT2D eigenvalue weighted by Crippen LogP contribution is -2.05. The summed E-state index contributed by atoms with van der Waals surface area (Å²) in [6, 6.07) is 6.55. The van der Waals surface area contributed by atoms with Gasteiger partial charge < -0.3 is 14.7 Å². The van der Waals surface area contributed by atoms with Crippen LogP contribution in [0.15, 0.2) is 35.6 Å². The minimum atomic E-state index is -0.997. The van der Waals surface area contributed by atoms with E-state index in [1.54, 1.807) is 24.4 Å². The van der Waals surface area contributed by atoms with Gasteiger partial charge in [0.15, 0.2) is 0 Å². The fraction of sp³-hybridized carbons (Fsp3) is 0. The van der Waals surface area contributed by atoms with E-state index >= 15 is 0 Å². The second-order valence-electron chi connectivity index (χ2n) is 2.99. The summed E-state index contributed by atoms with van der Waals surface area (Å²) in [5.41, 5.74) is 1.52. The third-order valence-corrected chi connectivity index (χ3v) is 2.14. The predicted octanol–water partition coefficient (Wildman–Crippen LogP) is 1.45. The van der Waals surface area contributed by atoms with E-state index in [2.05, 4.69) is 5.16 Å². The number of hydrogen-bond acceptors (Lipinski definition) is 3. The number of fused-ring (bicyclic) bond motifs is 1. The Bertz CT molecular complexity index is 543. The van der Waals surface area contributed by atoms with E-state index in [1.165, 1.54) is 16.7 Å². The number of aromatic nitrogens is 1. The van der Waals surface area contributed by atoms with Crippen molar-refractivity contribution in [2.75, 3.05) is 0 Å². The van der Waals surface area contributed by atoms with Crippen LogP contribution in [0.5, 0.6) is 0 Å². The molecule has 2 aromatic rings. The molecule has 0 aliphatic rings. The molecule has 5 heteroatoms. The number of hydrogen-bond donors (Lipinski definition) is 2. The van der Waals surface area contributed by atoms with Crippen molar-refractivity contribution >= 4 is 17.7 Å². The lowest BCUT2D eigenvalue weighted by atomic mass is 10.2. The van der Waals surface area contributed by atoms with Gasteiger partial charge in [0, 0.05) is 11.8 Å². The van der Waals surface area contributed by atoms with Crippen molar-refractivity contribution in [3.05, 3.63) is 41.7 Å². The van der Waals surface area contributed by atoms with Crippen LogP contribution in [0.1, 0.15) is 16.1 Å². The molecule has 0 aliphatic carbocycles. The third-order valence-electron chi connectivity index (χ3n) is 2.14. The van der Waals surface area contributed by atoms with Gasteiger partial charge in [0.25, 0.3) is 0 Å². The summed E-state index contributed by atoms with van der Waals surface area (Å²) in [6.45, 7) is 0. The van der Waals surface area contributed by atoms with Crippen molar-refractivity contribution < 1.29 is 15.1 Å². The first-order valence-corrected chi connectivity index (χ1v) is 4.25. The SMILES string of the molecule is O=C(O)c1ccc(/C=N\O)c2cccn12. The highest BCUT2D eigenvalue weighted by Crippen LogP contribution is 2.13. The second-order valence-corrected chi connectivity index (χ2v) is 2.99. The first-order chi connectivity index (χ1) is 7.24.